The van der Waals surface area contributed by atoms with Crippen molar-refractivity contribution < 1.29 is 8.92 Å². The van der Waals surface area contributed by atoms with E-state index in [0.29, 0.717) is 6.61 Å². The summed E-state index contributed by atoms with van der Waals surface area (Å²) in [6, 6.07) is 0. The van der Waals surface area contributed by atoms with Crippen LogP contribution in [-0.4, -0.2) is 38.8 Å². The largest absolute Gasteiger partial charge is 0.368 e. The first-order valence-electron chi connectivity index (χ1n) is 8.88. The predicted molar refractivity (Wildman–Crippen MR) is 98.8 cm³/mol. The Hall–Kier alpha value is -1.42. The number of fused-ring (bicyclic) bond motifs is 1. The van der Waals surface area contributed by atoms with Crippen LogP contribution in [0.4, 0.5) is 5.82 Å². The van der Waals surface area contributed by atoms with Crippen molar-refractivity contribution in [3.63, 3.8) is 0 Å². The van der Waals surface area contributed by atoms with E-state index in [0.717, 1.165) is 55.0 Å². The minimum Gasteiger partial charge on any atom is -0.368 e. The fraction of sp³-hybridized carbons (Fsp3) is 0.688. The number of hydrogen-bond donors (Lipinski definition) is 2. The van der Waals surface area contributed by atoms with Crippen molar-refractivity contribution in [3.8, 4) is 0 Å². The summed E-state index contributed by atoms with van der Waals surface area (Å²) in [5.41, 5.74) is 1.59. The molecule has 0 amide bonds. The van der Waals surface area contributed by atoms with Gasteiger partial charge in [0.2, 0.25) is 0 Å². The number of nitrogens with two attached hydrogens (primary N) is 1. The molecule has 2 aromatic rings. The number of rotatable bonds is 10. The Morgan fingerprint density at radius 3 is 3.08 bits per heavy atom. The standard InChI is InChI=1S/C16H26N6O2S/c1-2-3-4-5-8-18-15-14-16(20-10-19-15)22(11-21-14)13-7-6-12(24-13)9-23-25-17/h10-13H,2-9,17H2,1H3,(H,18,19,20). The summed E-state index contributed by atoms with van der Waals surface area (Å²) < 4.78 is 13.2. The van der Waals surface area contributed by atoms with Gasteiger partial charge in [0, 0.05) is 6.54 Å². The van der Waals surface area contributed by atoms with Crippen LogP contribution in [0.2, 0.25) is 0 Å². The van der Waals surface area contributed by atoms with E-state index in [1.165, 1.54) is 19.3 Å². The van der Waals surface area contributed by atoms with Crippen LogP contribution in [0.25, 0.3) is 11.2 Å². The first-order chi connectivity index (χ1) is 12.3. The van der Waals surface area contributed by atoms with Crippen molar-refractivity contribution in [2.45, 2.75) is 57.8 Å². The zero-order valence-corrected chi connectivity index (χ0v) is 15.4. The molecule has 0 saturated carbocycles. The number of aromatic nitrogens is 4. The normalized spacial score (nSPS) is 20.4. The molecule has 1 fully saturated rings. The van der Waals surface area contributed by atoms with Crippen molar-refractivity contribution in [3.05, 3.63) is 12.7 Å². The number of hydrogen-bond acceptors (Lipinski definition) is 8. The van der Waals surface area contributed by atoms with Crippen LogP contribution < -0.4 is 10.5 Å². The van der Waals surface area contributed by atoms with E-state index >= 15 is 0 Å². The maximum Gasteiger partial charge on any atom is 0.167 e. The van der Waals surface area contributed by atoms with Crippen molar-refractivity contribution in [1.82, 2.24) is 19.5 Å². The molecule has 3 N–H and O–H groups in total. The topological polar surface area (TPSA) is 100 Å². The van der Waals surface area contributed by atoms with Gasteiger partial charge in [-0.3, -0.25) is 13.9 Å². The quantitative estimate of drug-likeness (QED) is 0.376. The third-order valence-electron chi connectivity index (χ3n) is 4.40. The molecule has 3 heterocycles. The lowest BCUT2D eigenvalue weighted by Gasteiger charge is -2.14. The number of anilines is 1. The Morgan fingerprint density at radius 1 is 1.32 bits per heavy atom. The minimum absolute atomic E-state index is 0.0523. The maximum absolute atomic E-state index is 6.03. The van der Waals surface area contributed by atoms with Crippen LogP contribution in [0.15, 0.2) is 12.7 Å². The molecule has 3 rings (SSSR count). The van der Waals surface area contributed by atoms with Crippen LogP contribution in [0, 0.1) is 0 Å². The summed E-state index contributed by atoms with van der Waals surface area (Å²) in [5, 5.41) is 8.68. The van der Waals surface area contributed by atoms with Crippen molar-refractivity contribution in [2.75, 3.05) is 18.5 Å². The van der Waals surface area contributed by atoms with Crippen LogP contribution in [0.5, 0.6) is 0 Å². The Labute approximate surface area is 152 Å². The molecule has 2 atom stereocenters. The van der Waals surface area contributed by atoms with E-state index in [4.69, 9.17) is 14.1 Å². The van der Waals surface area contributed by atoms with Gasteiger partial charge in [-0.25, -0.2) is 15.0 Å². The van der Waals surface area contributed by atoms with Gasteiger partial charge in [-0.2, -0.15) is 0 Å². The summed E-state index contributed by atoms with van der Waals surface area (Å²) in [6.45, 7) is 3.60. The maximum atomic E-state index is 6.03. The Bertz CT molecular complexity index is 667. The molecule has 0 spiro atoms. The molecule has 0 aromatic carbocycles. The summed E-state index contributed by atoms with van der Waals surface area (Å²) in [5.74, 6) is 0.790. The highest BCUT2D eigenvalue weighted by molar-refractivity contribution is 7.92. The average molecular weight is 366 g/mol. The second-order valence-corrected chi connectivity index (χ2v) is 6.63. The SMILES string of the molecule is CCCCCCNc1ncnc2c1ncn2C1CCC(COSN)O1. The Balaban J connectivity index is 1.65. The van der Waals surface area contributed by atoms with Gasteiger partial charge in [-0.15, -0.1) is 0 Å². The molecule has 9 heteroatoms. The molecular formula is C16H26N6O2S. The van der Waals surface area contributed by atoms with Gasteiger partial charge in [0.1, 0.15) is 12.6 Å². The number of ether oxygens (including phenoxy) is 1. The van der Waals surface area contributed by atoms with Gasteiger partial charge in [0.15, 0.2) is 17.0 Å². The van der Waals surface area contributed by atoms with Crippen molar-refractivity contribution in [1.29, 1.82) is 0 Å². The molecular weight excluding hydrogens is 340 g/mol. The third kappa shape index (κ3) is 4.60. The monoisotopic (exact) mass is 366 g/mol. The lowest BCUT2D eigenvalue weighted by atomic mass is 10.2. The zero-order chi connectivity index (χ0) is 17.5. The fourth-order valence-corrected chi connectivity index (χ4v) is 3.31. The molecule has 0 aliphatic carbocycles. The van der Waals surface area contributed by atoms with Crippen LogP contribution >= 0.6 is 12.2 Å². The lowest BCUT2D eigenvalue weighted by Crippen LogP contribution is -2.15. The molecule has 2 aromatic heterocycles. The van der Waals surface area contributed by atoms with Gasteiger partial charge in [0.25, 0.3) is 0 Å². The third-order valence-corrected chi connectivity index (χ3v) is 4.67. The molecule has 138 valence electrons. The van der Waals surface area contributed by atoms with E-state index in [1.807, 2.05) is 4.57 Å². The van der Waals surface area contributed by atoms with Crippen molar-refractivity contribution >= 4 is 29.2 Å². The molecule has 25 heavy (non-hydrogen) atoms. The molecule has 2 unspecified atom stereocenters. The predicted octanol–water partition coefficient (Wildman–Crippen LogP) is 3.03. The first kappa shape index (κ1) is 18.4. The Kier molecular flexibility index (Phi) is 6.85. The molecule has 1 aliphatic rings. The van der Waals surface area contributed by atoms with E-state index in [9.17, 15) is 0 Å². The highest BCUT2D eigenvalue weighted by Gasteiger charge is 2.28. The van der Waals surface area contributed by atoms with E-state index < -0.39 is 0 Å². The van der Waals surface area contributed by atoms with Gasteiger partial charge < -0.3 is 10.1 Å². The van der Waals surface area contributed by atoms with E-state index in [2.05, 4.69) is 27.2 Å². The zero-order valence-electron chi connectivity index (χ0n) is 14.6. The number of nitrogens with zero attached hydrogens (tertiary/aromatic N) is 4. The Morgan fingerprint density at radius 2 is 2.24 bits per heavy atom. The van der Waals surface area contributed by atoms with Gasteiger partial charge in [-0.05, 0) is 19.3 Å². The van der Waals surface area contributed by atoms with Crippen LogP contribution in [0.1, 0.15) is 51.7 Å². The molecule has 1 aliphatic heterocycles. The second-order valence-electron chi connectivity index (χ2n) is 6.20. The minimum atomic E-state index is -0.0753. The summed E-state index contributed by atoms with van der Waals surface area (Å²) >= 11 is 0.876. The van der Waals surface area contributed by atoms with E-state index in [-0.39, 0.29) is 12.3 Å². The van der Waals surface area contributed by atoms with E-state index in [1.54, 1.807) is 12.7 Å². The molecule has 1 saturated heterocycles. The smallest absolute Gasteiger partial charge is 0.167 e. The average Bonchev–Trinajstić information content (AvgIpc) is 3.26. The highest BCUT2D eigenvalue weighted by atomic mass is 32.2. The lowest BCUT2D eigenvalue weighted by molar-refractivity contribution is -0.0128. The summed E-state index contributed by atoms with van der Waals surface area (Å²) in [4.78, 5) is 13.3. The van der Waals surface area contributed by atoms with Gasteiger partial charge in [0.05, 0.1) is 31.3 Å². The number of imidazole rings is 1. The summed E-state index contributed by atoms with van der Waals surface area (Å²) in [7, 11) is 0. The van der Waals surface area contributed by atoms with Gasteiger partial charge in [-0.1, -0.05) is 26.2 Å². The second kappa shape index (κ2) is 9.33. The first-order valence-corrected chi connectivity index (χ1v) is 9.69. The van der Waals surface area contributed by atoms with Crippen LogP contribution in [-0.2, 0) is 8.92 Å². The number of unbranched alkanes of at least 4 members (excludes halogenated alkanes) is 3. The van der Waals surface area contributed by atoms with Crippen molar-refractivity contribution in [2.24, 2.45) is 5.14 Å². The fourth-order valence-electron chi connectivity index (χ4n) is 3.08. The molecule has 0 bridgehead atoms. The van der Waals surface area contributed by atoms with Gasteiger partial charge >= 0.3 is 0 Å². The molecule has 0 radical (unpaired) electrons. The summed E-state index contributed by atoms with van der Waals surface area (Å²) in [6.07, 6.45) is 10.0. The van der Waals surface area contributed by atoms with Crippen LogP contribution in [0.3, 0.4) is 0 Å². The highest BCUT2D eigenvalue weighted by Crippen LogP contribution is 2.31. The molecule has 8 nitrogen and oxygen atoms in total. The number of nitrogens with one attached hydrogen (secondary N) is 1.